The molecule has 0 radical (unpaired) electrons. The average Bonchev–Trinajstić information content (AvgIpc) is 2.73. The Balaban J connectivity index is 1.76. The molecule has 0 fully saturated rings. The van der Waals surface area contributed by atoms with Crippen LogP contribution in [0.5, 0.6) is 17.2 Å². The normalized spacial score (nSPS) is 10.7. The molecular weight excluding hydrogens is 332 g/mol. The Morgan fingerprint density at radius 3 is 2.26 bits per heavy atom. The van der Waals surface area contributed by atoms with Gasteiger partial charge in [-0.2, -0.15) is 0 Å². The number of rotatable bonds is 7. The third-order valence-electron chi connectivity index (χ3n) is 4.29. The molecule has 0 amide bonds. The maximum atomic E-state index is 6.02. The minimum absolute atomic E-state index is 0.695. The molecule has 0 saturated carbocycles. The van der Waals surface area contributed by atoms with Crippen LogP contribution in [-0.4, -0.2) is 7.11 Å². The summed E-state index contributed by atoms with van der Waals surface area (Å²) in [6.45, 7) is 6.32. The van der Waals surface area contributed by atoms with Crippen molar-refractivity contribution in [3.63, 3.8) is 0 Å². The standard InChI is InChI=1S/C25H24O2/c1-4-5-9-20-12-17-24(25(18-20)26-3)27-23-15-13-22(14-16-23)19(2)21-10-7-6-8-11-21/h5-18H,2,4H2,1,3H3/b9-5+. The van der Waals surface area contributed by atoms with Crippen LogP contribution >= 0.6 is 0 Å². The number of allylic oxidation sites excluding steroid dienone is 1. The van der Waals surface area contributed by atoms with Crippen LogP contribution in [0.25, 0.3) is 11.6 Å². The molecule has 0 aliphatic heterocycles. The van der Waals surface area contributed by atoms with Crippen molar-refractivity contribution in [2.24, 2.45) is 0 Å². The van der Waals surface area contributed by atoms with Crippen LogP contribution in [0.1, 0.15) is 30.0 Å². The van der Waals surface area contributed by atoms with Gasteiger partial charge in [0.1, 0.15) is 5.75 Å². The second-order valence-corrected chi connectivity index (χ2v) is 6.19. The molecular formula is C25H24O2. The van der Waals surface area contributed by atoms with Gasteiger partial charge < -0.3 is 9.47 Å². The van der Waals surface area contributed by atoms with E-state index < -0.39 is 0 Å². The van der Waals surface area contributed by atoms with Crippen molar-refractivity contribution < 1.29 is 9.47 Å². The molecule has 0 aromatic heterocycles. The monoisotopic (exact) mass is 356 g/mol. The molecule has 27 heavy (non-hydrogen) atoms. The summed E-state index contributed by atoms with van der Waals surface area (Å²) >= 11 is 0. The molecule has 3 aromatic rings. The van der Waals surface area contributed by atoms with Gasteiger partial charge in [0.2, 0.25) is 0 Å². The van der Waals surface area contributed by atoms with E-state index in [1.807, 2.05) is 60.7 Å². The van der Waals surface area contributed by atoms with Gasteiger partial charge in [0, 0.05) is 0 Å². The van der Waals surface area contributed by atoms with Crippen molar-refractivity contribution in [3.05, 3.63) is 102 Å². The van der Waals surface area contributed by atoms with Gasteiger partial charge in [0.15, 0.2) is 11.5 Å². The average molecular weight is 356 g/mol. The van der Waals surface area contributed by atoms with Crippen molar-refractivity contribution in [3.8, 4) is 17.2 Å². The van der Waals surface area contributed by atoms with Gasteiger partial charge in [-0.15, -0.1) is 0 Å². The summed E-state index contributed by atoms with van der Waals surface area (Å²) in [6.07, 6.45) is 5.20. The first kappa shape index (κ1) is 18.5. The predicted octanol–water partition coefficient (Wildman–Crippen LogP) is 6.97. The van der Waals surface area contributed by atoms with Crippen molar-refractivity contribution in [1.82, 2.24) is 0 Å². The molecule has 0 bridgehead atoms. The van der Waals surface area contributed by atoms with Gasteiger partial charge in [0.05, 0.1) is 7.11 Å². The van der Waals surface area contributed by atoms with Gasteiger partial charge >= 0.3 is 0 Å². The van der Waals surface area contributed by atoms with E-state index in [9.17, 15) is 0 Å². The summed E-state index contributed by atoms with van der Waals surface area (Å²) in [6, 6.07) is 24.1. The van der Waals surface area contributed by atoms with Crippen LogP contribution in [0.3, 0.4) is 0 Å². The lowest BCUT2D eigenvalue weighted by Crippen LogP contribution is -1.92. The molecule has 2 heteroatoms. The fourth-order valence-corrected chi connectivity index (χ4v) is 2.78. The highest BCUT2D eigenvalue weighted by Gasteiger charge is 2.07. The van der Waals surface area contributed by atoms with Crippen LogP contribution in [-0.2, 0) is 0 Å². The molecule has 0 spiro atoms. The molecule has 0 unspecified atom stereocenters. The van der Waals surface area contributed by atoms with E-state index in [0.29, 0.717) is 11.5 Å². The maximum absolute atomic E-state index is 6.02. The largest absolute Gasteiger partial charge is 0.493 e. The third-order valence-corrected chi connectivity index (χ3v) is 4.29. The van der Waals surface area contributed by atoms with Gasteiger partial charge in [0.25, 0.3) is 0 Å². The summed E-state index contributed by atoms with van der Waals surface area (Å²) in [5.74, 6) is 2.17. The molecule has 3 aromatic carbocycles. The van der Waals surface area contributed by atoms with E-state index in [2.05, 4.69) is 37.8 Å². The number of hydrogen-bond acceptors (Lipinski definition) is 2. The number of benzene rings is 3. The van der Waals surface area contributed by atoms with Gasteiger partial charge in [-0.25, -0.2) is 0 Å². The van der Waals surface area contributed by atoms with E-state index >= 15 is 0 Å². The van der Waals surface area contributed by atoms with Crippen LogP contribution in [0.2, 0.25) is 0 Å². The maximum Gasteiger partial charge on any atom is 0.169 e. The first-order chi connectivity index (χ1) is 13.2. The highest BCUT2D eigenvalue weighted by molar-refractivity contribution is 5.78. The molecule has 3 rings (SSSR count). The highest BCUT2D eigenvalue weighted by atomic mass is 16.5. The van der Waals surface area contributed by atoms with E-state index in [1.165, 1.54) is 0 Å². The summed E-state index contributed by atoms with van der Waals surface area (Å²) in [5.41, 5.74) is 4.27. The molecule has 0 aliphatic rings. The van der Waals surface area contributed by atoms with Crippen LogP contribution in [0.4, 0.5) is 0 Å². The Kier molecular flexibility index (Phi) is 6.11. The minimum Gasteiger partial charge on any atom is -0.493 e. The van der Waals surface area contributed by atoms with Crippen molar-refractivity contribution in [2.45, 2.75) is 13.3 Å². The Morgan fingerprint density at radius 2 is 1.59 bits per heavy atom. The molecule has 0 heterocycles. The SMILES string of the molecule is C=C(c1ccccc1)c1ccc(Oc2ccc(/C=C/CC)cc2OC)cc1. The topological polar surface area (TPSA) is 18.5 Å². The summed E-state index contributed by atoms with van der Waals surface area (Å²) in [4.78, 5) is 0. The van der Waals surface area contributed by atoms with Gasteiger partial charge in [-0.3, -0.25) is 0 Å². The first-order valence-corrected chi connectivity index (χ1v) is 9.08. The first-order valence-electron chi connectivity index (χ1n) is 9.08. The molecule has 2 nitrogen and oxygen atoms in total. The Bertz CT molecular complexity index is 922. The Hall–Kier alpha value is -3.26. The zero-order valence-electron chi connectivity index (χ0n) is 15.8. The predicted molar refractivity (Wildman–Crippen MR) is 113 cm³/mol. The fraction of sp³-hybridized carbons (Fsp3) is 0.120. The molecule has 0 atom stereocenters. The highest BCUT2D eigenvalue weighted by Crippen LogP contribution is 2.33. The zero-order chi connectivity index (χ0) is 19.1. The molecule has 136 valence electrons. The minimum atomic E-state index is 0.695. The quantitative estimate of drug-likeness (QED) is 0.455. The van der Waals surface area contributed by atoms with Crippen molar-refractivity contribution in [2.75, 3.05) is 7.11 Å². The molecule has 0 N–H and O–H groups in total. The van der Waals surface area contributed by atoms with Crippen molar-refractivity contribution in [1.29, 1.82) is 0 Å². The van der Waals surface area contributed by atoms with Gasteiger partial charge in [-0.05, 0) is 52.9 Å². The molecule has 0 saturated heterocycles. The van der Waals surface area contributed by atoms with E-state index in [0.717, 1.165) is 34.4 Å². The van der Waals surface area contributed by atoms with Gasteiger partial charge in [-0.1, -0.05) is 74.2 Å². The number of ether oxygens (including phenoxy) is 2. The van der Waals surface area contributed by atoms with Crippen LogP contribution in [0.15, 0.2) is 85.5 Å². The van der Waals surface area contributed by atoms with Crippen molar-refractivity contribution >= 4 is 11.6 Å². The lowest BCUT2D eigenvalue weighted by molar-refractivity contribution is 0.379. The summed E-state index contributed by atoms with van der Waals surface area (Å²) in [5, 5.41) is 0. The lowest BCUT2D eigenvalue weighted by atomic mass is 10.00. The van der Waals surface area contributed by atoms with Crippen LogP contribution < -0.4 is 9.47 Å². The second-order valence-electron chi connectivity index (χ2n) is 6.19. The van der Waals surface area contributed by atoms with Crippen LogP contribution in [0, 0.1) is 0 Å². The number of hydrogen-bond donors (Lipinski definition) is 0. The summed E-state index contributed by atoms with van der Waals surface area (Å²) in [7, 11) is 1.66. The zero-order valence-corrected chi connectivity index (χ0v) is 15.8. The number of methoxy groups -OCH3 is 1. The van der Waals surface area contributed by atoms with E-state index in [-0.39, 0.29) is 0 Å². The Morgan fingerprint density at radius 1 is 0.889 bits per heavy atom. The van der Waals surface area contributed by atoms with E-state index in [4.69, 9.17) is 9.47 Å². The molecule has 0 aliphatic carbocycles. The third kappa shape index (κ3) is 4.68. The second kappa shape index (κ2) is 8.91. The summed E-state index contributed by atoms with van der Waals surface area (Å²) < 4.78 is 11.5. The smallest absolute Gasteiger partial charge is 0.169 e. The van der Waals surface area contributed by atoms with E-state index in [1.54, 1.807) is 7.11 Å². The Labute approximate surface area is 161 Å². The lowest BCUT2D eigenvalue weighted by Gasteiger charge is -2.12. The fourth-order valence-electron chi connectivity index (χ4n) is 2.78.